The van der Waals surface area contributed by atoms with Crippen LogP contribution in [0.4, 0.5) is 0 Å². The van der Waals surface area contributed by atoms with Crippen molar-refractivity contribution in [2.75, 3.05) is 6.61 Å². The Balaban J connectivity index is 2.97. The van der Waals surface area contributed by atoms with Gasteiger partial charge in [-0.05, 0) is 11.6 Å². The summed E-state index contributed by atoms with van der Waals surface area (Å²) >= 11 is 0. The van der Waals surface area contributed by atoms with Gasteiger partial charge in [0, 0.05) is 5.56 Å². The van der Waals surface area contributed by atoms with Crippen LogP contribution in [0.2, 0.25) is 0 Å². The van der Waals surface area contributed by atoms with Crippen LogP contribution in [0.5, 0.6) is 0 Å². The molecule has 0 spiro atoms. The van der Waals surface area contributed by atoms with Gasteiger partial charge in [-0.15, -0.1) is 0 Å². The van der Waals surface area contributed by atoms with Gasteiger partial charge in [-0.2, -0.15) is 0 Å². The summed E-state index contributed by atoms with van der Waals surface area (Å²) in [5, 5.41) is 17.3. The first-order valence-electron chi connectivity index (χ1n) is 3.67. The lowest BCUT2D eigenvalue weighted by atomic mass is 10.1. The van der Waals surface area contributed by atoms with Crippen LogP contribution in [0, 0.1) is 11.8 Å². The SMILES string of the molecule is OCC#Cc1ccccc1CO. The smallest absolute Gasteiger partial charge is 0.104 e. The second-order valence-corrected chi connectivity index (χ2v) is 2.28. The summed E-state index contributed by atoms with van der Waals surface area (Å²) in [7, 11) is 0. The van der Waals surface area contributed by atoms with Gasteiger partial charge in [-0.1, -0.05) is 30.0 Å². The van der Waals surface area contributed by atoms with Gasteiger partial charge in [-0.3, -0.25) is 0 Å². The lowest BCUT2D eigenvalue weighted by Gasteiger charge is -1.97. The molecule has 0 atom stereocenters. The maximum absolute atomic E-state index is 8.89. The predicted octanol–water partition coefficient (Wildman–Crippen LogP) is 0.523. The zero-order chi connectivity index (χ0) is 8.81. The van der Waals surface area contributed by atoms with Gasteiger partial charge < -0.3 is 10.2 Å². The molecule has 0 unspecified atom stereocenters. The summed E-state index contributed by atoms with van der Waals surface area (Å²) in [5.41, 5.74) is 1.56. The van der Waals surface area contributed by atoms with Gasteiger partial charge in [0.25, 0.3) is 0 Å². The van der Waals surface area contributed by atoms with E-state index in [4.69, 9.17) is 10.2 Å². The standard InChI is InChI=1S/C10H10O2/c11-7-3-6-9-4-1-2-5-10(9)8-12/h1-2,4-5,11-12H,7-8H2. The Labute approximate surface area is 71.5 Å². The van der Waals surface area contributed by atoms with Crippen molar-refractivity contribution in [3.05, 3.63) is 35.4 Å². The molecule has 0 bridgehead atoms. The maximum atomic E-state index is 8.89. The summed E-state index contributed by atoms with van der Waals surface area (Å²) in [6.07, 6.45) is 0. The molecule has 12 heavy (non-hydrogen) atoms. The lowest BCUT2D eigenvalue weighted by molar-refractivity contribution is 0.281. The number of hydrogen-bond acceptors (Lipinski definition) is 2. The molecule has 2 N–H and O–H groups in total. The van der Waals surface area contributed by atoms with Crippen LogP contribution in [0.25, 0.3) is 0 Å². The highest BCUT2D eigenvalue weighted by Gasteiger charge is 1.94. The van der Waals surface area contributed by atoms with Gasteiger partial charge in [0.2, 0.25) is 0 Å². The van der Waals surface area contributed by atoms with Crippen LogP contribution in [0.3, 0.4) is 0 Å². The molecular formula is C10H10O2. The Hall–Kier alpha value is -1.30. The molecule has 2 nitrogen and oxygen atoms in total. The van der Waals surface area contributed by atoms with Crippen molar-refractivity contribution >= 4 is 0 Å². The Morgan fingerprint density at radius 1 is 1.17 bits per heavy atom. The average Bonchev–Trinajstić information content (AvgIpc) is 2.15. The summed E-state index contributed by atoms with van der Waals surface area (Å²) in [5.74, 6) is 5.29. The van der Waals surface area contributed by atoms with E-state index in [0.29, 0.717) is 0 Å². The second kappa shape index (κ2) is 4.55. The molecule has 0 aliphatic carbocycles. The number of aliphatic hydroxyl groups is 2. The molecule has 0 saturated heterocycles. The number of benzene rings is 1. The van der Waals surface area contributed by atoms with Gasteiger partial charge in [0.05, 0.1) is 6.61 Å². The van der Waals surface area contributed by atoms with Crippen LogP contribution < -0.4 is 0 Å². The molecule has 1 aromatic rings. The molecule has 0 aliphatic rings. The monoisotopic (exact) mass is 162 g/mol. The fourth-order valence-corrected chi connectivity index (χ4v) is 0.915. The minimum atomic E-state index is -0.153. The molecule has 0 amide bonds. The third-order valence-corrected chi connectivity index (χ3v) is 1.49. The fraction of sp³-hybridized carbons (Fsp3) is 0.200. The predicted molar refractivity (Wildman–Crippen MR) is 46.3 cm³/mol. The molecule has 1 aromatic carbocycles. The maximum Gasteiger partial charge on any atom is 0.104 e. The zero-order valence-corrected chi connectivity index (χ0v) is 6.62. The summed E-state index contributed by atoms with van der Waals surface area (Å²) in [6, 6.07) is 7.31. The minimum Gasteiger partial charge on any atom is -0.392 e. The van der Waals surface area contributed by atoms with Gasteiger partial charge >= 0.3 is 0 Å². The molecule has 0 saturated carbocycles. The van der Waals surface area contributed by atoms with Crippen molar-refractivity contribution in [2.24, 2.45) is 0 Å². The third kappa shape index (κ3) is 2.09. The molecular weight excluding hydrogens is 152 g/mol. The highest BCUT2D eigenvalue weighted by molar-refractivity contribution is 5.40. The van der Waals surface area contributed by atoms with Gasteiger partial charge in [0.15, 0.2) is 0 Å². The van der Waals surface area contributed by atoms with Crippen LogP contribution in [0.15, 0.2) is 24.3 Å². The fourth-order valence-electron chi connectivity index (χ4n) is 0.915. The largest absolute Gasteiger partial charge is 0.392 e. The van der Waals surface area contributed by atoms with E-state index in [9.17, 15) is 0 Å². The van der Waals surface area contributed by atoms with Crippen molar-refractivity contribution < 1.29 is 10.2 Å². The topological polar surface area (TPSA) is 40.5 Å². The number of rotatable bonds is 1. The highest BCUT2D eigenvalue weighted by Crippen LogP contribution is 2.06. The van der Waals surface area contributed by atoms with E-state index in [2.05, 4.69) is 11.8 Å². The molecule has 0 radical (unpaired) electrons. The normalized spacial score (nSPS) is 8.83. The second-order valence-electron chi connectivity index (χ2n) is 2.28. The van der Waals surface area contributed by atoms with E-state index in [1.54, 1.807) is 6.07 Å². The zero-order valence-electron chi connectivity index (χ0n) is 6.62. The van der Waals surface area contributed by atoms with Gasteiger partial charge in [-0.25, -0.2) is 0 Å². The van der Waals surface area contributed by atoms with E-state index >= 15 is 0 Å². The molecule has 0 heterocycles. The van der Waals surface area contributed by atoms with Crippen molar-refractivity contribution in [1.82, 2.24) is 0 Å². The number of aliphatic hydroxyl groups excluding tert-OH is 2. The average molecular weight is 162 g/mol. The Kier molecular flexibility index (Phi) is 3.34. The Morgan fingerprint density at radius 2 is 1.92 bits per heavy atom. The quantitative estimate of drug-likeness (QED) is 0.591. The first-order valence-corrected chi connectivity index (χ1v) is 3.67. The highest BCUT2D eigenvalue weighted by atomic mass is 16.3. The molecule has 0 aromatic heterocycles. The van der Waals surface area contributed by atoms with E-state index < -0.39 is 0 Å². The van der Waals surface area contributed by atoms with E-state index in [-0.39, 0.29) is 13.2 Å². The van der Waals surface area contributed by atoms with E-state index in [1.807, 2.05) is 18.2 Å². The third-order valence-electron chi connectivity index (χ3n) is 1.49. The summed E-state index contributed by atoms with van der Waals surface area (Å²) in [6.45, 7) is -0.171. The first kappa shape index (κ1) is 8.79. The van der Waals surface area contributed by atoms with E-state index in [0.717, 1.165) is 11.1 Å². The molecule has 0 fully saturated rings. The molecule has 2 heteroatoms. The van der Waals surface area contributed by atoms with Crippen LogP contribution in [-0.4, -0.2) is 16.8 Å². The van der Waals surface area contributed by atoms with Crippen molar-refractivity contribution in [2.45, 2.75) is 6.61 Å². The van der Waals surface area contributed by atoms with Crippen LogP contribution in [0.1, 0.15) is 11.1 Å². The number of hydrogen-bond donors (Lipinski definition) is 2. The van der Waals surface area contributed by atoms with Gasteiger partial charge in [0.1, 0.15) is 6.61 Å². The Bertz CT molecular complexity index is 307. The molecule has 0 aliphatic heterocycles. The lowest BCUT2D eigenvalue weighted by Crippen LogP contribution is -1.88. The summed E-state index contributed by atoms with van der Waals surface area (Å²) in [4.78, 5) is 0. The summed E-state index contributed by atoms with van der Waals surface area (Å²) < 4.78 is 0. The molecule has 1 rings (SSSR count). The first-order chi connectivity index (χ1) is 5.88. The van der Waals surface area contributed by atoms with Crippen molar-refractivity contribution in [1.29, 1.82) is 0 Å². The van der Waals surface area contributed by atoms with E-state index in [1.165, 1.54) is 0 Å². The van der Waals surface area contributed by atoms with Crippen molar-refractivity contribution in [3.8, 4) is 11.8 Å². The Morgan fingerprint density at radius 3 is 2.58 bits per heavy atom. The van der Waals surface area contributed by atoms with Crippen molar-refractivity contribution in [3.63, 3.8) is 0 Å². The van der Waals surface area contributed by atoms with Crippen LogP contribution in [-0.2, 0) is 6.61 Å². The molecule has 62 valence electrons. The minimum absolute atomic E-state index is 0.0176. The van der Waals surface area contributed by atoms with Crippen LogP contribution >= 0.6 is 0 Å².